The molecule has 2 aromatic rings. The summed E-state index contributed by atoms with van der Waals surface area (Å²) in [5.74, 6) is -0.724. The van der Waals surface area contributed by atoms with Crippen molar-refractivity contribution in [2.75, 3.05) is 0 Å². The van der Waals surface area contributed by atoms with Crippen molar-refractivity contribution < 1.29 is 13.5 Å². The zero-order valence-electron chi connectivity index (χ0n) is 9.61. The van der Waals surface area contributed by atoms with Crippen LogP contribution in [0.15, 0.2) is 67.6 Å². The fraction of sp³-hybridized carbons (Fsp3) is 0. The van der Waals surface area contributed by atoms with Crippen LogP contribution in [-0.4, -0.2) is 14.3 Å². The summed E-state index contributed by atoms with van der Waals surface area (Å²) in [7, 11) is -3.94. The lowest BCUT2D eigenvalue weighted by Gasteiger charge is -2.19. The predicted molar refractivity (Wildman–Crippen MR) is 70.7 cm³/mol. The van der Waals surface area contributed by atoms with Gasteiger partial charge in [0.15, 0.2) is 0 Å². The molecule has 0 unspecified atom stereocenters. The molecule has 0 bridgehead atoms. The molecule has 0 saturated heterocycles. The second-order valence-electron chi connectivity index (χ2n) is 3.92. The van der Waals surface area contributed by atoms with Gasteiger partial charge in [-0.2, -0.15) is 12.8 Å². The Morgan fingerprint density at radius 2 is 1.58 bits per heavy atom. The molecule has 0 saturated carbocycles. The Hall–Kier alpha value is -1.79. The van der Waals surface area contributed by atoms with Crippen molar-refractivity contribution in [2.24, 2.45) is 4.40 Å². The minimum atomic E-state index is -3.94. The van der Waals surface area contributed by atoms with Gasteiger partial charge >= 0.3 is 0 Å². The van der Waals surface area contributed by atoms with Crippen LogP contribution in [-0.2, 0) is 10.0 Å². The maximum absolute atomic E-state index is 12.1. The van der Waals surface area contributed by atoms with Crippen LogP contribution in [0.4, 0.5) is 0 Å². The van der Waals surface area contributed by atoms with E-state index < -0.39 is 15.9 Å². The van der Waals surface area contributed by atoms with Crippen molar-refractivity contribution >= 4 is 27.7 Å². The summed E-state index contributed by atoms with van der Waals surface area (Å²) in [5, 5.41) is 11.9. The van der Waals surface area contributed by atoms with Crippen LogP contribution in [0.3, 0.4) is 0 Å². The van der Waals surface area contributed by atoms with Crippen LogP contribution in [0.2, 0.25) is 0 Å². The average Bonchev–Trinajstić information content (AvgIpc) is 2.38. The Morgan fingerprint density at radius 1 is 0.947 bits per heavy atom. The van der Waals surface area contributed by atoms with Gasteiger partial charge in [-0.05, 0) is 18.2 Å². The SMILES string of the molecule is O=S1(=O)/N=C(/[O-])c2ccccc2Sc2ccccc21. The topological polar surface area (TPSA) is 69.6 Å². The van der Waals surface area contributed by atoms with Crippen molar-refractivity contribution in [1.29, 1.82) is 0 Å². The Morgan fingerprint density at radius 3 is 2.37 bits per heavy atom. The molecular formula is C13H8NO3S2-. The largest absolute Gasteiger partial charge is 0.858 e. The lowest BCUT2D eigenvalue weighted by molar-refractivity contribution is -0.212. The summed E-state index contributed by atoms with van der Waals surface area (Å²) in [5.41, 5.74) is 0.311. The van der Waals surface area contributed by atoms with Crippen LogP contribution in [0.25, 0.3) is 0 Å². The predicted octanol–water partition coefficient (Wildman–Crippen LogP) is 1.65. The van der Waals surface area contributed by atoms with E-state index in [1.807, 2.05) is 0 Å². The molecular weight excluding hydrogens is 282 g/mol. The maximum atomic E-state index is 12.1. The van der Waals surface area contributed by atoms with E-state index >= 15 is 0 Å². The van der Waals surface area contributed by atoms with E-state index in [0.717, 1.165) is 0 Å². The third kappa shape index (κ3) is 2.13. The molecule has 2 aromatic carbocycles. The van der Waals surface area contributed by atoms with Gasteiger partial charge in [0.2, 0.25) is 0 Å². The van der Waals surface area contributed by atoms with Gasteiger partial charge in [0.25, 0.3) is 10.0 Å². The molecule has 1 aliphatic rings. The van der Waals surface area contributed by atoms with Gasteiger partial charge in [-0.3, -0.25) is 0 Å². The molecule has 6 heteroatoms. The molecule has 0 N–H and O–H groups in total. The van der Waals surface area contributed by atoms with E-state index in [4.69, 9.17) is 0 Å². The van der Waals surface area contributed by atoms with E-state index in [0.29, 0.717) is 15.4 Å². The first-order chi connectivity index (χ1) is 9.08. The summed E-state index contributed by atoms with van der Waals surface area (Å²) in [6.07, 6.45) is 0. The first-order valence-electron chi connectivity index (χ1n) is 5.46. The third-order valence-corrected chi connectivity index (χ3v) is 5.27. The van der Waals surface area contributed by atoms with Gasteiger partial charge in [-0.15, -0.1) is 0 Å². The van der Waals surface area contributed by atoms with Crippen molar-refractivity contribution in [2.45, 2.75) is 14.7 Å². The van der Waals surface area contributed by atoms with Crippen LogP contribution in [0.1, 0.15) is 5.56 Å². The van der Waals surface area contributed by atoms with E-state index in [-0.39, 0.29) is 4.90 Å². The van der Waals surface area contributed by atoms with Crippen molar-refractivity contribution in [3.8, 4) is 0 Å². The summed E-state index contributed by atoms with van der Waals surface area (Å²) in [4.78, 5) is 1.35. The number of nitrogens with zero attached hydrogens (tertiary/aromatic N) is 1. The lowest BCUT2D eigenvalue weighted by atomic mass is 10.2. The van der Waals surface area contributed by atoms with E-state index in [2.05, 4.69) is 4.40 Å². The molecule has 0 aliphatic carbocycles. The number of hydrogen-bond acceptors (Lipinski definition) is 4. The smallest absolute Gasteiger partial charge is 0.282 e. The normalized spacial score (nSPS) is 19.3. The molecule has 19 heavy (non-hydrogen) atoms. The van der Waals surface area contributed by atoms with Gasteiger partial charge in [-0.25, -0.2) is 0 Å². The van der Waals surface area contributed by atoms with Crippen LogP contribution >= 0.6 is 11.8 Å². The Kier molecular flexibility index (Phi) is 2.83. The van der Waals surface area contributed by atoms with Crippen LogP contribution in [0, 0.1) is 0 Å². The molecule has 0 atom stereocenters. The van der Waals surface area contributed by atoms with Crippen molar-refractivity contribution in [3.05, 3.63) is 54.1 Å². The highest BCUT2D eigenvalue weighted by Crippen LogP contribution is 2.36. The van der Waals surface area contributed by atoms with Crippen LogP contribution < -0.4 is 5.11 Å². The van der Waals surface area contributed by atoms with Gasteiger partial charge in [0, 0.05) is 21.3 Å². The fourth-order valence-electron chi connectivity index (χ4n) is 1.81. The monoisotopic (exact) mass is 290 g/mol. The van der Waals surface area contributed by atoms with Gasteiger partial charge in [0.1, 0.15) is 4.90 Å². The number of rotatable bonds is 0. The minimum absolute atomic E-state index is 0.0721. The standard InChI is InChI=1S/C13H9NO3S2/c15-13-9-5-1-2-6-10(9)18-11-7-3-4-8-12(11)19(16,17)14-13/h1-8H,(H,14,15)/p-1. The lowest BCUT2D eigenvalue weighted by Crippen LogP contribution is -2.22. The number of fused-ring (bicyclic) bond motifs is 2. The molecule has 0 fully saturated rings. The van der Waals surface area contributed by atoms with Crippen LogP contribution in [0.5, 0.6) is 0 Å². The Balaban J connectivity index is 2.35. The second-order valence-corrected chi connectivity index (χ2v) is 6.57. The Bertz CT molecular complexity index is 782. The second kappa shape index (κ2) is 4.40. The third-order valence-electron chi connectivity index (χ3n) is 2.67. The number of benzene rings is 2. The highest BCUT2D eigenvalue weighted by molar-refractivity contribution is 8.00. The van der Waals surface area contributed by atoms with E-state index in [1.54, 1.807) is 42.5 Å². The van der Waals surface area contributed by atoms with Crippen molar-refractivity contribution in [1.82, 2.24) is 0 Å². The molecule has 1 aliphatic heterocycles. The van der Waals surface area contributed by atoms with Gasteiger partial charge in [-0.1, -0.05) is 42.1 Å². The number of hydrogen-bond donors (Lipinski definition) is 0. The molecule has 3 rings (SSSR count). The summed E-state index contributed by atoms with van der Waals surface area (Å²) >= 11 is 1.26. The highest BCUT2D eigenvalue weighted by atomic mass is 32.2. The first-order valence-corrected chi connectivity index (χ1v) is 7.72. The molecule has 0 aromatic heterocycles. The molecule has 4 nitrogen and oxygen atoms in total. The highest BCUT2D eigenvalue weighted by Gasteiger charge is 2.21. The fourth-order valence-corrected chi connectivity index (χ4v) is 4.20. The maximum Gasteiger partial charge on any atom is 0.282 e. The van der Waals surface area contributed by atoms with Gasteiger partial charge < -0.3 is 5.11 Å². The molecule has 96 valence electrons. The molecule has 1 heterocycles. The summed E-state index contributed by atoms with van der Waals surface area (Å²) in [6, 6.07) is 13.4. The molecule has 0 radical (unpaired) electrons. The molecule has 0 spiro atoms. The Labute approximate surface area is 114 Å². The summed E-state index contributed by atoms with van der Waals surface area (Å²) < 4.78 is 27.5. The zero-order chi connectivity index (χ0) is 13.5. The summed E-state index contributed by atoms with van der Waals surface area (Å²) in [6.45, 7) is 0. The first kappa shape index (κ1) is 12.3. The van der Waals surface area contributed by atoms with Gasteiger partial charge in [0.05, 0.1) is 0 Å². The van der Waals surface area contributed by atoms with Crippen molar-refractivity contribution in [3.63, 3.8) is 0 Å². The quantitative estimate of drug-likeness (QED) is 0.739. The number of sulfonamides is 1. The zero-order valence-corrected chi connectivity index (χ0v) is 11.2. The average molecular weight is 290 g/mol. The molecule has 0 amide bonds. The minimum Gasteiger partial charge on any atom is -0.858 e. The van der Waals surface area contributed by atoms with E-state index in [1.165, 1.54) is 17.8 Å². The van der Waals surface area contributed by atoms with E-state index in [9.17, 15) is 13.5 Å².